The summed E-state index contributed by atoms with van der Waals surface area (Å²) in [6, 6.07) is 17.3. The monoisotopic (exact) mass is 570 g/mol. The molecule has 4 saturated carbocycles. The van der Waals surface area contributed by atoms with Crippen molar-refractivity contribution in [1.29, 1.82) is 0 Å². The lowest BCUT2D eigenvalue weighted by Gasteiger charge is -2.62. The van der Waals surface area contributed by atoms with Crippen molar-refractivity contribution in [3.05, 3.63) is 60.2 Å². The van der Waals surface area contributed by atoms with Gasteiger partial charge >= 0.3 is 5.97 Å². The summed E-state index contributed by atoms with van der Waals surface area (Å²) < 4.78 is 5.70. The Morgan fingerprint density at radius 1 is 0.905 bits per heavy atom. The number of carbonyl (C=O) groups is 2. The fraction of sp³-hybridized carbons (Fsp3) is 0.556. The van der Waals surface area contributed by atoms with Gasteiger partial charge in [0.15, 0.2) is 6.61 Å². The van der Waals surface area contributed by atoms with Gasteiger partial charge < -0.3 is 20.1 Å². The van der Waals surface area contributed by atoms with Crippen LogP contribution in [-0.2, 0) is 9.53 Å². The molecule has 0 heterocycles. The molecule has 0 aromatic heterocycles. The Hall–Kier alpha value is -2.80. The normalized spacial score (nSPS) is 39.4. The zero-order valence-corrected chi connectivity index (χ0v) is 24.6. The van der Waals surface area contributed by atoms with Crippen LogP contribution in [0, 0.1) is 34.5 Å². The van der Waals surface area contributed by atoms with Gasteiger partial charge in [-0.25, -0.2) is 4.79 Å². The molecule has 0 aliphatic heterocycles. The second kappa shape index (κ2) is 9.87. The summed E-state index contributed by atoms with van der Waals surface area (Å²) in [6.07, 6.45) is 4.94. The number of hydrogen-bond acceptors (Lipinski definition) is 6. The fourth-order valence-electron chi connectivity index (χ4n) is 10.4. The highest BCUT2D eigenvalue weighted by Gasteiger charge is 2.68. The Morgan fingerprint density at radius 3 is 2.26 bits per heavy atom. The predicted octanol–water partition coefficient (Wildman–Crippen LogP) is 5.82. The second-order valence-corrected chi connectivity index (χ2v) is 14.3. The van der Waals surface area contributed by atoms with Crippen molar-refractivity contribution in [1.82, 2.24) is 0 Å². The largest absolute Gasteiger partial charge is 0.454 e. The Labute approximate surface area is 247 Å². The summed E-state index contributed by atoms with van der Waals surface area (Å²) >= 11 is 0. The van der Waals surface area contributed by atoms with Crippen LogP contribution < -0.4 is 0 Å². The molecule has 0 unspecified atom stereocenters. The van der Waals surface area contributed by atoms with Gasteiger partial charge in [-0.05, 0) is 108 Å². The molecular weight excluding hydrogens is 528 g/mol. The molecule has 3 aromatic carbocycles. The molecular formula is C36H42O6. The molecule has 4 aliphatic rings. The molecule has 0 radical (unpaired) electrons. The van der Waals surface area contributed by atoms with Crippen LogP contribution in [0.4, 0.5) is 0 Å². The van der Waals surface area contributed by atoms with Gasteiger partial charge in [-0.2, -0.15) is 0 Å². The summed E-state index contributed by atoms with van der Waals surface area (Å²) in [5, 5.41) is 37.5. The maximum Gasteiger partial charge on any atom is 0.339 e. The highest BCUT2D eigenvalue weighted by atomic mass is 16.5. The highest BCUT2D eigenvalue weighted by molar-refractivity contribution is 6.16. The zero-order chi connectivity index (χ0) is 29.4. The lowest BCUT2D eigenvalue weighted by atomic mass is 9.43. The molecule has 6 heteroatoms. The van der Waals surface area contributed by atoms with E-state index < -0.39 is 35.5 Å². The number of esters is 1. The molecule has 0 bridgehead atoms. The molecule has 7 rings (SSSR count). The van der Waals surface area contributed by atoms with Crippen molar-refractivity contribution in [2.24, 2.45) is 34.5 Å². The van der Waals surface area contributed by atoms with Crippen LogP contribution >= 0.6 is 0 Å². The van der Waals surface area contributed by atoms with E-state index in [4.69, 9.17) is 4.74 Å². The Balaban J connectivity index is 1.13. The predicted molar refractivity (Wildman–Crippen MR) is 161 cm³/mol. The van der Waals surface area contributed by atoms with Crippen molar-refractivity contribution in [3.8, 4) is 0 Å². The van der Waals surface area contributed by atoms with E-state index in [0.29, 0.717) is 24.3 Å². The van der Waals surface area contributed by atoms with Gasteiger partial charge in [0.2, 0.25) is 5.78 Å². The number of carbonyl (C=O) groups excluding carboxylic acids is 2. The third-order valence-electron chi connectivity index (χ3n) is 12.5. The minimum absolute atomic E-state index is 0.0373. The number of hydrogen-bond donors (Lipinski definition) is 3. The van der Waals surface area contributed by atoms with Gasteiger partial charge in [0, 0.05) is 5.41 Å². The quantitative estimate of drug-likeness (QED) is 0.270. The van der Waals surface area contributed by atoms with E-state index in [1.54, 1.807) is 0 Å². The third kappa shape index (κ3) is 3.94. The Bertz CT molecular complexity index is 1510. The standard InChI is InChI=1S/C36H42O6/c1-34-15-13-24(37)18-23(34)11-12-27-28-14-16-36(41,35(28,2)19-29(38)32(27)34)30(39)20-42-33(40)31-25-9-5-3-7-21(25)17-22-8-4-6-10-26(22)31/h3-10,17,23-24,27-29,32,37-38,41H,11-16,18-20H2,1-2H3/t23-,24+,27-,28-,29-,32+,34-,35-,36-/m0/s1. The SMILES string of the molecule is C[C@]12CC[C@@H](O)C[C@@H]1CC[C@@H]1[C@@H]2[C@@H](O)C[C@@]2(C)[C@H]1CC[C@]2(O)C(=O)COC(=O)c1c2ccccc2cc2ccccc12. The van der Waals surface area contributed by atoms with E-state index in [1.807, 2.05) is 61.5 Å². The smallest absolute Gasteiger partial charge is 0.339 e. The second-order valence-electron chi connectivity index (χ2n) is 14.3. The van der Waals surface area contributed by atoms with Crippen molar-refractivity contribution in [3.63, 3.8) is 0 Å². The van der Waals surface area contributed by atoms with Crippen LogP contribution in [0.5, 0.6) is 0 Å². The summed E-state index contributed by atoms with van der Waals surface area (Å²) in [6.45, 7) is 3.77. The first-order valence-electron chi connectivity index (χ1n) is 15.8. The molecule has 4 aliphatic carbocycles. The number of rotatable bonds is 4. The van der Waals surface area contributed by atoms with Gasteiger partial charge in [0.1, 0.15) is 5.60 Å². The zero-order valence-electron chi connectivity index (χ0n) is 24.6. The van der Waals surface area contributed by atoms with Crippen LogP contribution in [0.1, 0.15) is 75.6 Å². The number of aliphatic hydroxyl groups excluding tert-OH is 2. The molecule has 3 N–H and O–H groups in total. The number of Topliss-reactive ketones (excluding diaryl/α,β-unsaturated/α-hetero) is 1. The number of fused-ring (bicyclic) bond motifs is 7. The molecule has 0 spiro atoms. The molecule has 222 valence electrons. The average molecular weight is 571 g/mol. The van der Waals surface area contributed by atoms with Crippen molar-refractivity contribution in [2.75, 3.05) is 6.61 Å². The first-order chi connectivity index (χ1) is 20.1. The van der Waals surface area contributed by atoms with E-state index in [9.17, 15) is 24.9 Å². The minimum atomic E-state index is -1.66. The molecule has 0 amide bonds. The first kappa shape index (κ1) is 28.0. The summed E-state index contributed by atoms with van der Waals surface area (Å²) in [5.74, 6) is -0.209. The van der Waals surface area contributed by atoms with Gasteiger partial charge in [0.05, 0.1) is 17.8 Å². The van der Waals surface area contributed by atoms with Gasteiger partial charge in [0.25, 0.3) is 0 Å². The maximum absolute atomic E-state index is 13.8. The number of ketones is 1. The summed E-state index contributed by atoms with van der Waals surface area (Å²) in [7, 11) is 0. The molecule has 4 fully saturated rings. The van der Waals surface area contributed by atoms with Gasteiger partial charge in [-0.15, -0.1) is 0 Å². The maximum atomic E-state index is 13.8. The molecule has 3 aromatic rings. The van der Waals surface area contributed by atoms with E-state index in [0.717, 1.165) is 60.1 Å². The number of ether oxygens (including phenoxy) is 1. The lowest BCUT2D eigenvalue weighted by Crippen LogP contribution is -2.63. The van der Waals surface area contributed by atoms with Crippen LogP contribution in [0.25, 0.3) is 21.5 Å². The topological polar surface area (TPSA) is 104 Å². The van der Waals surface area contributed by atoms with Crippen LogP contribution in [0.3, 0.4) is 0 Å². The molecule has 0 saturated heterocycles. The van der Waals surface area contributed by atoms with E-state index in [1.165, 1.54) is 0 Å². The highest BCUT2D eigenvalue weighted by Crippen LogP contribution is 2.68. The van der Waals surface area contributed by atoms with E-state index in [2.05, 4.69) is 6.92 Å². The summed E-state index contributed by atoms with van der Waals surface area (Å²) in [4.78, 5) is 27.4. The van der Waals surface area contributed by atoms with E-state index >= 15 is 0 Å². The summed E-state index contributed by atoms with van der Waals surface area (Å²) in [5.41, 5.74) is -2.06. The van der Waals surface area contributed by atoms with Crippen molar-refractivity contribution in [2.45, 2.75) is 83.0 Å². The van der Waals surface area contributed by atoms with Crippen LogP contribution in [0.2, 0.25) is 0 Å². The van der Waals surface area contributed by atoms with Crippen LogP contribution in [-0.4, -0.2) is 51.5 Å². The van der Waals surface area contributed by atoms with Crippen LogP contribution in [0.15, 0.2) is 54.6 Å². The van der Waals surface area contributed by atoms with Crippen molar-refractivity contribution < 1.29 is 29.6 Å². The Kier molecular flexibility index (Phi) is 6.58. The van der Waals surface area contributed by atoms with Gasteiger partial charge in [-0.3, -0.25) is 4.79 Å². The molecule has 6 nitrogen and oxygen atoms in total. The molecule has 9 atom stereocenters. The third-order valence-corrected chi connectivity index (χ3v) is 12.5. The number of benzene rings is 3. The number of aliphatic hydroxyl groups is 3. The minimum Gasteiger partial charge on any atom is -0.454 e. The fourth-order valence-corrected chi connectivity index (χ4v) is 10.4. The Morgan fingerprint density at radius 2 is 1.57 bits per heavy atom. The average Bonchev–Trinajstić information content (AvgIpc) is 3.25. The molecule has 42 heavy (non-hydrogen) atoms. The van der Waals surface area contributed by atoms with Crippen molar-refractivity contribution >= 4 is 33.3 Å². The first-order valence-corrected chi connectivity index (χ1v) is 15.8. The van der Waals surface area contributed by atoms with E-state index in [-0.39, 0.29) is 29.3 Å². The van der Waals surface area contributed by atoms with Gasteiger partial charge in [-0.1, -0.05) is 62.4 Å². The lowest BCUT2D eigenvalue weighted by molar-refractivity contribution is -0.202.